The van der Waals surface area contributed by atoms with Crippen LogP contribution in [0.2, 0.25) is 0 Å². The number of halogens is 2. The van der Waals surface area contributed by atoms with E-state index in [4.69, 9.17) is 5.11 Å². The number of nitrogens with one attached hydrogen (secondary N) is 1. The Morgan fingerprint density at radius 1 is 1.26 bits per heavy atom. The Kier molecular flexibility index (Phi) is 4.16. The number of anilines is 1. The number of carboxylic acid groups (broad SMARTS) is 1. The summed E-state index contributed by atoms with van der Waals surface area (Å²) < 4.78 is 13.7. The van der Waals surface area contributed by atoms with Gasteiger partial charge in [-0.25, -0.2) is 9.18 Å². The zero-order valence-electron chi connectivity index (χ0n) is 9.86. The number of rotatable bonds is 4. The highest BCUT2D eigenvalue weighted by molar-refractivity contribution is 9.10. The van der Waals surface area contributed by atoms with Gasteiger partial charge < -0.3 is 10.4 Å². The SMILES string of the molecule is O=C(O)c1cccc(NCc2ccc(Br)c(F)c2)c1. The molecule has 2 aromatic carbocycles. The van der Waals surface area contributed by atoms with E-state index in [0.717, 1.165) is 5.56 Å². The van der Waals surface area contributed by atoms with E-state index in [-0.39, 0.29) is 11.4 Å². The molecule has 98 valence electrons. The molecule has 0 radical (unpaired) electrons. The van der Waals surface area contributed by atoms with Crippen LogP contribution in [0.5, 0.6) is 0 Å². The van der Waals surface area contributed by atoms with E-state index in [1.807, 2.05) is 0 Å². The third-order valence-electron chi connectivity index (χ3n) is 2.59. The van der Waals surface area contributed by atoms with E-state index in [1.165, 1.54) is 18.2 Å². The van der Waals surface area contributed by atoms with Crippen molar-refractivity contribution < 1.29 is 14.3 Å². The molecule has 0 saturated carbocycles. The van der Waals surface area contributed by atoms with Crippen molar-refractivity contribution in [3.63, 3.8) is 0 Å². The molecule has 2 rings (SSSR count). The Balaban J connectivity index is 2.07. The summed E-state index contributed by atoms with van der Waals surface area (Å²) in [4.78, 5) is 10.8. The monoisotopic (exact) mass is 323 g/mol. The number of aromatic carboxylic acids is 1. The van der Waals surface area contributed by atoms with Gasteiger partial charge in [0.2, 0.25) is 0 Å². The van der Waals surface area contributed by atoms with Gasteiger partial charge in [-0.1, -0.05) is 12.1 Å². The van der Waals surface area contributed by atoms with Gasteiger partial charge in [0.25, 0.3) is 0 Å². The van der Waals surface area contributed by atoms with Crippen LogP contribution in [0.25, 0.3) is 0 Å². The lowest BCUT2D eigenvalue weighted by atomic mass is 10.2. The predicted molar refractivity (Wildman–Crippen MR) is 74.8 cm³/mol. The van der Waals surface area contributed by atoms with Gasteiger partial charge >= 0.3 is 5.97 Å². The van der Waals surface area contributed by atoms with Gasteiger partial charge in [0.1, 0.15) is 5.82 Å². The molecule has 3 nitrogen and oxygen atoms in total. The van der Waals surface area contributed by atoms with Gasteiger partial charge in [0.05, 0.1) is 10.0 Å². The lowest BCUT2D eigenvalue weighted by molar-refractivity contribution is 0.0697. The van der Waals surface area contributed by atoms with Gasteiger partial charge in [0, 0.05) is 12.2 Å². The molecule has 0 saturated heterocycles. The van der Waals surface area contributed by atoms with Crippen molar-refractivity contribution in [3.8, 4) is 0 Å². The predicted octanol–water partition coefficient (Wildman–Crippen LogP) is 3.90. The molecule has 0 heterocycles. The molecule has 2 N–H and O–H groups in total. The number of hydrogen-bond acceptors (Lipinski definition) is 2. The molecule has 5 heteroatoms. The number of carbonyl (C=O) groups is 1. The van der Waals surface area contributed by atoms with Crippen molar-refractivity contribution in [2.45, 2.75) is 6.54 Å². The highest BCUT2D eigenvalue weighted by Gasteiger charge is 2.04. The summed E-state index contributed by atoms with van der Waals surface area (Å²) in [6, 6.07) is 11.3. The van der Waals surface area contributed by atoms with Crippen LogP contribution in [0.4, 0.5) is 10.1 Å². The fourth-order valence-corrected chi connectivity index (χ4v) is 1.86. The van der Waals surface area contributed by atoms with Gasteiger partial charge in [-0.05, 0) is 51.8 Å². The van der Waals surface area contributed by atoms with Gasteiger partial charge in [-0.15, -0.1) is 0 Å². The molecule has 0 aromatic heterocycles. The van der Waals surface area contributed by atoms with Crippen molar-refractivity contribution >= 4 is 27.6 Å². The summed E-state index contributed by atoms with van der Waals surface area (Å²) in [6.45, 7) is 0.424. The Labute approximate surface area is 118 Å². The van der Waals surface area contributed by atoms with Gasteiger partial charge in [-0.2, -0.15) is 0 Å². The first-order valence-electron chi connectivity index (χ1n) is 5.57. The Morgan fingerprint density at radius 3 is 2.74 bits per heavy atom. The molecule has 0 bridgehead atoms. The third kappa shape index (κ3) is 3.54. The smallest absolute Gasteiger partial charge is 0.335 e. The fraction of sp³-hybridized carbons (Fsp3) is 0.0714. The van der Waals surface area contributed by atoms with Crippen molar-refractivity contribution in [2.24, 2.45) is 0 Å². The topological polar surface area (TPSA) is 49.3 Å². The van der Waals surface area contributed by atoms with Crippen molar-refractivity contribution in [3.05, 3.63) is 63.9 Å². The highest BCUT2D eigenvalue weighted by Crippen LogP contribution is 2.18. The first-order valence-corrected chi connectivity index (χ1v) is 6.37. The summed E-state index contributed by atoms with van der Waals surface area (Å²) in [7, 11) is 0. The Hall–Kier alpha value is -1.88. The second kappa shape index (κ2) is 5.84. The van der Waals surface area contributed by atoms with Crippen molar-refractivity contribution in [1.29, 1.82) is 0 Å². The molecule has 0 fully saturated rings. The van der Waals surface area contributed by atoms with Crippen LogP contribution in [0, 0.1) is 5.82 Å². The maximum Gasteiger partial charge on any atom is 0.335 e. The van der Waals surface area contributed by atoms with E-state index in [1.54, 1.807) is 24.3 Å². The maximum atomic E-state index is 13.3. The van der Waals surface area contributed by atoms with Crippen LogP contribution in [0.3, 0.4) is 0 Å². The minimum absolute atomic E-state index is 0.215. The number of carboxylic acids is 1. The summed E-state index contributed by atoms with van der Waals surface area (Å²) in [6.07, 6.45) is 0. The Bertz CT molecular complexity index is 616. The summed E-state index contributed by atoms with van der Waals surface area (Å²) in [5, 5.41) is 11.9. The zero-order chi connectivity index (χ0) is 13.8. The largest absolute Gasteiger partial charge is 0.478 e. The molecule has 0 aliphatic heterocycles. The minimum Gasteiger partial charge on any atom is -0.478 e. The van der Waals surface area contributed by atoms with Crippen LogP contribution in [0.1, 0.15) is 15.9 Å². The second-order valence-corrected chi connectivity index (χ2v) is 4.84. The molecule has 2 aromatic rings. The maximum absolute atomic E-state index is 13.3. The van der Waals surface area contributed by atoms with Gasteiger partial charge in [-0.3, -0.25) is 0 Å². The molecular weight excluding hydrogens is 313 g/mol. The second-order valence-electron chi connectivity index (χ2n) is 3.99. The Morgan fingerprint density at radius 2 is 2.05 bits per heavy atom. The molecule has 0 atom stereocenters. The quantitative estimate of drug-likeness (QED) is 0.897. The van der Waals surface area contributed by atoms with E-state index >= 15 is 0 Å². The van der Waals surface area contributed by atoms with E-state index < -0.39 is 5.97 Å². The lowest BCUT2D eigenvalue weighted by Crippen LogP contribution is -2.02. The molecule has 0 aliphatic carbocycles. The van der Waals surface area contributed by atoms with E-state index in [0.29, 0.717) is 16.7 Å². The average molecular weight is 324 g/mol. The van der Waals surface area contributed by atoms with Crippen molar-refractivity contribution in [1.82, 2.24) is 0 Å². The van der Waals surface area contributed by atoms with Crippen LogP contribution < -0.4 is 5.32 Å². The molecule has 0 unspecified atom stereocenters. The van der Waals surface area contributed by atoms with Crippen molar-refractivity contribution in [2.75, 3.05) is 5.32 Å². The standard InChI is InChI=1S/C14H11BrFNO2/c15-12-5-4-9(6-13(12)16)8-17-11-3-1-2-10(7-11)14(18)19/h1-7,17H,8H2,(H,18,19). The first-order chi connectivity index (χ1) is 9.06. The molecule has 0 aliphatic rings. The highest BCUT2D eigenvalue weighted by atomic mass is 79.9. The van der Waals surface area contributed by atoms with Crippen LogP contribution in [-0.4, -0.2) is 11.1 Å². The number of benzene rings is 2. The van der Waals surface area contributed by atoms with E-state index in [9.17, 15) is 9.18 Å². The normalized spacial score (nSPS) is 10.2. The summed E-state index contributed by atoms with van der Waals surface area (Å²) in [5.41, 5.74) is 1.68. The first kappa shape index (κ1) is 13.5. The lowest BCUT2D eigenvalue weighted by Gasteiger charge is -2.08. The summed E-state index contributed by atoms with van der Waals surface area (Å²) in [5.74, 6) is -1.29. The summed E-state index contributed by atoms with van der Waals surface area (Å²) >= 11 is 3.09. The molecule has 0 amide bonds. The third-order valence-corrected chi connectivity index (χ3v) is 3.23. The molecule has 19 heavy (non-hydrogen) atoms. The zero-order valence-corrected chi connectivity index (χ0v) is 11.4. The van der Waals surface area contributed by atoms with Crippen LogP contribution in [-0.2, 0) is 6.54 Å². The molecule has 0 spiro atoms. The fourth-order valence-electron chi connectivity index (χ4n) is 1.62. The van der Waals surface area contributed by atoms with Crippen LogP contribution in [0.15, 0.2) is 46.9 Å². The van der Waals surface area contributed by atoms with E-state index in [2.05, 4.69) is 21.2 Å². The average Bonchev–Trinajstić information content (AvgIpc) is 2.40. The van der Waals surface area contributed by atoms with Gasteiger partial charge in [0.15, 0.2) is 0 Å². The number of hydrogen-bond donors (Lipinski definition) is 2. The molecular formula is C14H11BrFNO2. The minimum atomic E-state index is -0.974. The van der Waals surface area contributed by atoms with Crippen LogP contribution >= 0.6 is 15.9 Å².